The molecule has 0 spiro atoms. The lowest BCUT2D eigenvalue weighted by Crippen LogP contribution is -2.53. The van der Waals surface area contributed by atoms with Crippen molar-refractivity contribution in [2.45, 2.75) is 13.0 Å². The molecule has 1 aromatic carbocycles. The van der Waals surface area contributed by atoms with Crippen LogP contribution in [-0.4, -0.2) is 44.9 Å². The number of aliphatic hydroxyl groups excluding tert-OH is 1. The molecule has 5 nitrogen and oxygen atoms in total. The second-order valence-electron chi connectivity index (χ2n) is 5.04. The van der Waals surface area contributed by atoms with Gasteiger partial charge in [-0.2, -0.15) is 5.10 Å². The summed E-state index contributed by atoms with van der Waals surface area (Å²) in [5, 5.41) is 13.3. The maximum absolute atomic E-state index is 13.8. The second-order valence-corrected chi connectivity index (χ2v) is 5.04. The standard InChI is InChI=1S/C14H13F2N3O2/c1-8-4-12(14(21)18-6-10(20)7-18)17-19(8)13-3-2-9(15)5-11(13)16/h2-5,10,20H,6-7H2,1H3. The Bertz CT molecular complexity index is 708. The van der Waals surface area contributed by atoms with Gasteiger partial charge in [-0.3, -0.25) is 4.79 Å². The molecular formula is C14H13F2N3O2. The minimum Gasteiger partial charge on any atom is -0.389 e. The highest BCUT2D eigenvalue weighted by atomic mass is 19.1. The van der Waals surface area contributed by atoms with E-state index in [0.29, 0.717) is 5.69 Å². The van der Waals surface area contributed by atoms with Crippen molar-refractivity contribution in [3.8, 4) is 5.69 Å². The number of hydrogen-bond acceptors (Lipinski definition) is 3. The topological polar surface area (TPSA) is 58.4 Å². The Morgan fingerprint density at radius 2 is 2.05 bits per heavy atom. The van der Waals surface area contributed by atoms with Crippen molar-refractivity contribution in [1.82, 2.24) is 14.7 Å². The summed E-state index contributed by atoms with van der Waals surface area (Å²) in [5.41, 5.74) is 0.810. The molecule has 2 aromatic rings. The van der Waals surface area contributed by atoms with E-state index in [1.807, 2.05) is 0 Å². The number of β-amino-alcohol motifs (C(OH)–C–C–N with tert-alkyl or cyclic N) is 1. The maximum Gasteiger partial charge on any atom is 0.274 e. The third-order valence-corrected chi connectivity index (χ3v) is 3.39. The van der Waals surface area contributed by atoms with Crippen molar-refractivity contribution < 1.29 is 18.7 Å². The highest BCUT2D eigenvalue weighted by Gasteiger charge is 2.31. The van der Waals surface area contributed by atoms with Gasteiger partial charge in [-0.25, -0.2) is 13.5 Å². The van der Waals surface area contributed by atoms with E-state index in [1.165, 1.54) is 21.7 Å². The number of nitrogens with zero attached hydrogens (tertiary/aromatic N) is 3. The van der Waals surface area contributed by atoms with Gasteiger partial charge in [0.1, 0.15) is 11.5 Å². The number of carbonyl (C=O) groups excluding carboxylic acids is 1. The number of hydrogen-bond donors (Lipinski definition) is 1. The molecule has 0 saturated carbocycles. The van der Waals surface area contributed by atoms with Gasteiger partial charge in [-0.15, -0.1) is 0 Å². The van der Waals surface area contributed by atoms with Crippen LogP contribution in [0.25, 0.3) is 5.69 Å². The minimum absolute atomic E-state index is 0.0802. The molecule has 0 unspecified atom stereocenters. The maximum atomic E-state index is 13.8. The van der Waals surface area contributed by atoms with E-state index in [0.717, 1.165) is 12.1 Å². The monoisotopic (exact) mass is 293 g/mol. The van der Waals surface area contributed by atoms with Crippen molar-refractivity contribution in [3.05, 3.63) is 47.3 Å². The Morgan fingerprint density at radius 1 is 1.33 bits per heavy atom. The average molecular weight is 293 g/mol. The molecule has 0 radical (unpaired) electrons. The molecular weight excluding hydrogens is 280 g/mol. The fourth-order valence-electron chi connectivity index (χ4n) is 2.26. The first-order chi connectivity index (χ1) is 9.95. The quantitative estimate of drug-likeness (QED) is 0.907. The molecule has 1 fully saturated rings. The summed E-state index contributed by atoms with van der Waals surface area (Å²) < 4.78 is 28.0. The van der Waals surface area contributed by atoms with E-state index in [-0.39, 0.29) is 30.4 Å². The van der Waals surface area contributed by atoms with Crippen LogP contribution in [0.3, 0.4) is 0 Å². The summed E-state index contributed by atoms with van der Waals surface area (Å²) in [4.78, 5) is 13.5. The van der Waals surface area contributed by atoms with Crippen LogP contribution in [0.4, 0.5) is 8.78 Å². The van der Waals surface area contributed by atoms with Crippen LogP contribution in [0, 0.1) is 18.6 Å². The summed E-state index contributed by atoms with van der Waals surface area (Å²) in [7, 11) is 0. The zero-order chi connectivity index (χ0) is 15.1. The van der Waals surface area contributed by atoms with Crippen LogP contribution in [0.2, 0.25) is 0 Å². The number of benzene rings is 1. The van der Waals surface area contributed by atoms with Crippen molar-refractivity contribution in [2.75, 3.05) is 13.1 Å². The molecule has 0 aliphatic carbocycles. The molecule has 1 amide bonds. The lowest BCUT2D eigenvalue weighted by Gasteiger charge is -2.35. The first kappa shape index (κ1) is 13.7. The third kappa shape index (κ3) is 2.40. The average Bonchev–Trinajstić information content (AvgIpc) is 2.76. The molecule has 1 aromatic heterocycles. The summed E-state index contributed by atoms with van der Waals surface area (Å²) in [6.07, 6.45) is -0.494. The first-order valence-corrected chi connectivity index (χ1v) is 6.45. The summed E-state index contributed by atoms with van der Waals surface area (Å²) in [6.45, 7) is 2.23. The molecule has 1 aliphatic heterocycles. The largest absolute Gasteiger partial charge is 0.389 e. The van der Waals surface area contributed by atoms with Gasteiger partial charge in [-0.1, -0.05) is 0 Å². The van der Waals surface area contributed by atoms with Crippen molar-refractivity contribution in [1.29, 1.82) is 0 Å². The number of aliphatic hydroxyl groups is 1. The number of aryl methyl sites for hydroxylation is 1. The SMILES string of the molecule is Cc1cc(C(=O)N2CC(O)C2)nn1-c1ccc(F)cc1F. The van der Waals surface area contributed by atoms with Crippen LogP contribution in [0.5, 0.6) is 0 Å². The fraction of sp³-hybridized carbons (Fsp3) is 0.286. The van der Waals surface area contributed by atoms with Gasteiger partial charge >= 0.3 is 0 Å². The molecule has 7 heteroatoms. The summed E-state index contributed by atoms with van der Waals surface area (Å²) in [5.74, 6) is -1.74. The lowest BCUT2D eigenvalue weighted by molar-refractivity contribution is 0.00547. The second kappa shape index (κ2) is 4.92. The Hall–Kier alpha value is -2.28. The predicted molar refractivity (Wildman–Crippen MR) is 70.1 cm³/mol. The predicted octanol–water partition coefficient (Wildman–Crippen LogP) is 1.28. The van der Waals surface area contributed by atoms with E-state index in [9.17, 15) is 18.7 Å². The summed E-state index contributed by atoms with van der Waals surface area (Å²) in [6, 6.07) is 4.71. The highest BCUT2D eigenvalue weighted by Crippen LogP contribution is 2.19. The molecule has 3 rings (SSSR count). The molecule has 1 aliphatic rings. The number of aromatic nitrogens is 2. The number of rotatable bonds is 2. The zero-order valence-electron chi connectivity index (χ0n) is 11.3. The van der Waals surface area contributed by atoms with Crippen molar-refractivity contribution in [3.63, 3.8) is 0 Å². The molecule has 1 N–H and O–H groups in total. The Labute approximate surface area is 119 Å². The number of halogens is 2. The highest BCUT2D eigenvalue weighted by molar-refractivity contribution is 5.93. The molecule has 0 bridgehead atoms. The van der Waals surface area contributed by atoms with Gasteiger partial charge < -0.3 is 10.0 Å². The zero-order valence-corrected chi connectivity index (χ0v) is 11.3. The summed E-state index contributed by atoms with van der Waals surface area (Å²) >= 11 is 0. The minimum atomic E-state index is -0.750. The van der Waals surface area contributed by atoms with Gasteiger partial charge in [0.2, 0.25) is 0 Å². The lowest BCUT2D eigenvalue weighted by atomic mass is 10.1. The molecule has 110 valence electrons. The number of carbonyl (C=O) groups is 1. The van der Waals surface area contributed by atoms with Gasteiger partial charge in [0.25, 0.3) is 5.91 Å². The normalized spacial score (nSPS) is 15.1. The molecule has 1 saturated heterocycles. The van der Waals surface area contributed by atoms with Gasteiger partial charge in [0.05, 0.1) is 6.10 Å². The third-order valence-electron chi connectivity index (χ3n) is 3.39. The molecule has 21 heavy (non-hydrogen) atoms. The Morgan fingerprint density at radius 3 is 2.67 bits per heavy atom. The van der Waals surface area contributed by atoms with E-state index < -0.39 is 17.7 Å². The molecule has 0 atom stereocenters. The fourth-order valence-corrected chi connectivity index (χ4v) is 2.26. The van der Waals surface area contributed by atoms with Gasteiger partial charge in [0, 0.05) is 24.8 Å². The van der Waals surface area contributed by atoms with Crippen LogP contribution in [0.15, 0.2) is 24.3 Å². The van der Waals surface area contributed by atoms with Crippen molar-refractivity contribution in [2.24, 2.45) is 0 Å². The van der Waals surface area contributed by atoms with Gasteiger partial charge in [0.15, 0.2) is 11.5 Å². The van der Waals surface area contributed by atoms with E-state index in [4.69, 9.17) is 0 Å². The smallest absolute Gasteiger partial charge is 0.274 e. The Kier molecular flexibility index (Phi) is 3.21. The van der Waals surface area contributed by atoms with Crippen molar-refractivity contribution >= 4 is 5.91 Å². The first-order valence-electron chi connectivity index (χ1n) is 6.45. The van der Waals surface area contributed by atoms with E-state index >= 15 is 0 Å². The molecule has 2 heterocycles. The van der Waals surface area contributed by atoms with Crippen LogP contribution in [0.1, 0.15) is 16.2 Å². The van der Waals surface area contributed by atoms with Crippen LogP contribution in [-0.2, 0) is 0 Å². The van der Waals surface area contributed by atoms with Crippen LogP contribution >= 0.6 is 0 Å². The van der Waals surface area contributed by atoms with E-state index in [1.54, 1.807) is 6.92 Å². The van der Waals surface area contributed by atoms with E-state index in [2.05, 4.69) is 5.10 Å². The van der Waals surface area contributed by atoms with Gasteiger partial charge in [-0.05, 0) is 25.1 Å². The van der Waals surface area contributed by atoms with Crippen LogP contribution < -0.4 is 0 Å². The Balaban J connectivity index is 1.92. The number of amides is 1. The number of likely N-dealkylation sites (tertiary alicyclic amines) is 1.